The van der Waals surface area contributed by atoms with Gasteiger partial charge in [0.25, 0.3) is 0 Å². The molecule has 1 rings (SSSR count). The molecule has 3 nitrogen and oxygen atoms in total. The summed E-state index contributed by atoms with van der Waals surface area (Å²) < 4.78 is 5.07. The smallest absolute Gasteiger partial charge is 0.225 e. The van der Waals surface area contributed by atoms with Gasteiger partial charge in [-0.25, -0.2) is 0 Å². The van der Waals surface area contributed by atoms with Crippen molar-refractivity contribution in [3.8, 4) is 0 Å². The van der Waals surface area contributed by atoms with E-state index >= 15 is 0 Å². The summed E-state index contributed by atoms with van der Waals surface area (Å²) in [6, 6.07) is 0.252. The third-order valence-corrected chi connectivity index (χ3v) is 2.03. The molecular weight excluding hydrogens is 154 g/mol. The third kappa shape index (κ3) is 2.21. The highest BCUT2D eigenvalue weighted by Gasteiger charge is 2.40. The van der Waals surface area contributed by atoms with Gasteiger partial charge in [0.15, 0.2) is 0 Å². The number of hydrogen-bond donors (Lipinski definition) is 1. The van der Waals surface area contributed by atoms with E-state index in [0.717, 1.165) is 6.42 Å². The second-order valence-corrected chi connectivity index (χ2v) is 4.34. The molecule has 0 unspecified atom stereocenters. The van der Waals surface area contributed by atoms with E-state index in [9.17, 15) is 4.79 Å². The van der Waals surface area contributed by atoms with Crippen molar-refractivity contribution in [2.45, 2.75) is 39.3 Å². The number of carbonyl (C=O) groups excluding carboxylic acids is 1. The molecule has 1 aliphatic carbocycles. The Balaban J connectivity index is 2.30. The van der Waals surface area contributed by atoms with Gasteiger partial charge in [-0.05, 0) is 6.42 Å². The Bertz CT molecular complexity index is 183. The molecule has 1 N–H and O–H groups in total. The average molecular weight is 171 g/mol. The molecule has 0 bridgehead atoms. The number of carbonyl (C=O) groups is 1. The van der Waals surface area contributed by atoms with Gasteiger partial charge >= 0.3 is 0 Å². The molecule has 0 aromatic carbocycles. The van der Waals surface area contributed by atoms with Crippen LogP contribution >= 0.6 is 0 Å². The van der Waals surface area contributed by atoms with E-state index in [1.807, 2.05) is 20.8 Å². The van der Waals surface area contributed by atoms with Gasteiger partial charge in [0.2, 0.25) is 5.91 Å². The molecule has 12 heavy (non-hydrogen) atoms. The number of nitrogens with one attached hydrogen (secondary N) is 1. The second-order valence-electron chi connectivity index (χ2n) is 4.34. The standard InChI is InChI=1S/C9H17NO2/c1-9(2,3)8(11)10-6-5-7(6)12-4/h6-7H,5H2,1-4H3,(H,10,11)/t6-,7-/m1/s1. The lowest BCUT2D eigenvalue weighted by molar-refractivity contribution is -0.128. The van der Waals surface area contributed by atoms with Crippen LogP contribution in [0, 0.1) is 5.41 Å². The van der Waals surface area contributed by atoms with E-state index in [1.54, 1.807) is 7.11 Å². The molecule has 1 amide bonds. The van der Waals surface area contributed by atoms with E-state index in [4.69, 9.17) is 4.74 Å². The summed E-state index contributed by atoms with van der Waals surface area (Å²) in [5, 5.41) is 2.93. The van der Waals surface area contributed by atoms with E-state index in [0.29, 0.717) is 0 Å². The molecule has 0 aromatic rings. The molecule has 0 aromatic heterocycles. The van der Waals surface area contributed by atoms with Crippen LogP contribution in [0.1, 0.15) is 27.2 Å². The molecule has 0 spiro atoms. The summed E-state index contributed by atoms with van der Waals surface area (Å²) >= 11 is 0. The van der Waals surface area contributed by atoms with Crippen LogP contribution in [0.5, 0.6) is 0 Å². The van der Waals surface area contributed by atoms with Crippen molar-refractivity contribution < 1.29 is 9.53 Å². The summed E-state index contributed by atoms with van der Waals surface area (Å²) in [5.74, 6) is 0.104. The van der Waals surface area contributed by atoms with Gasteiger partial charge in [-0.1, -0.05) is 20.8 Å². The molecule has 2 atom stereocenters. The topological polar surface area (TPSA) is 38.3 Å². The predicted octanol–water partition coefficient (Wildman–Crippen LogP) is 0.936. The van der Waals surface area contributed by atoms with Crippen molar-refractivity contribution in [1.29, 1.82) is 0 Å². The maximum absolute atomic E-state index is 11.4. The highest BCUT2D eigenvalue weighted by atomic mass is 16.5. The summed E-state index contributed by atoms with van der Waals surface area (Å²) in [7, 11) is 1.67. The number of rotatable bonds is 2. The Morgan fingerprint density at radius 2 is 2.08 bits per heavy atom. The van der Waals surface area contributed by atoms with Gasteiger partial charge in [-0.2, -0.15) is 0 Å². The lowest BCUT2D eigenvalue weighted by atomic mass is 9.96. The largest absolute Gasteiger partial charge is 0.379 e. The van der Waals surface area contributed by atoms with E-state index in [-0.39, 0.29) is 23.5 Å². The lowest BCUT2D eigenvalue weighted by Gasteiger charge is -2.17. The van der Waals surface area contributed by atoms with Gasteiger partial charge < -0.3 is 10.1 Å². The summed E-state index contributed by atoms with van der Waals surface area (Å²) in [6.45, 7) is 5.73. The molecule has 0 heterocycles. The Labute approximate surface area is 73.5 Å². The Hall–Kier alpha value is -0.570. The zero-order valence-electron chi connectivity index (χ0n) is 8.18. The first-order valence-electron chi connectivity index (χ1n) is 4.29. The van der Waals surface area contributed by atoms with Crippen LogP contribution in [-0.2, 0) is 9.53 Å². The first kappa shape index (κ1) is 9.52. The van der Waals surface area contributed by atoms with Crippen LogP contribution < -0.4 is 5.32 Å². The van der Waals surface area contributed by atoms with E-state index in [1.165, 1.54) is 0 Å². The number of methoxy groups -OCH3 is 1. The van der Waals surface area contributed by atoms with Crippen LogP contribution in [0.3, 0.4) is 0 Å². The Kier molecular flexibility index (Phi) is 2.42. The molecular formula is C9H17NO2. The van der Waals surface area contributed by atoms with E-state index in [2.05, 4.69) is 5.32 Å². The van der Waals surface area contributed by atoms with Gasteiger partial charge in [-0.3, -0.25) is 4.79 Å². The van der Waals surface area contributed by atoms with Crippen molar-refractivity contribution >= 4 is 5.91 Å². The molecule has 3 heteroatoms. The first-order valence-corrected chi connectivity index (χ1v) is 4.29. The minimum Gasteiger partial charge on any atom is -0.379 e. The van der Waals surface area contributed by atoms with Crippen molar-refractivity contribution in [3.63, 3.8) is 0 Å². The lowest BCUT2D eigenvalue weighted by Crippen LogP contribution is -2.37. The Morgan fingerprint density at radius 1 is 1.50 bits per heavy atom. The zero-order chi connectivity index (χ0) is 9.35. The molecule has 1 aliphatic rings. The number of hydrogen-bond acceptors (Lipinski definition) is 2. The maximum atomic E-state index is 11.4. The van der Waals surface area contributed by atoms with Crippen molar-refractivity contribution in [3.05, 3.63) is 0 Å². The fraction of sp³-hybridized carbons (Fsp3) is 0.889. The highest BCUT2D eigenvalue weighted by Crippen LogP contribution is 2.26. The minimum atomic E-state index is -0.291. The summed E-state index contributed by atoms with van der Waals surface area (Å²) in [6.07, 6.45) is 1.20. The minimum absolute atomic E-state index is 0.104. The molecule has 1 fully saturated rings. The van der Waals surface area contributed by atoms with Crippen molar-refractivity contribution in [2.24, 2.45) is 5.41 Å². The van der Waals surface area contributed by atoms with Gasteiger partial charge in [-0.15, -0.1) is 0 Å². The fourth-order valence-corrected chi connectivity index (χ4v) is 0.969. The predicted molar refractivity (Wildman–Crippen MR) is 46.8 cm³/mol. The second kappa shape index (κ2) is 3.05. The highest BCUT2D eigenvalue weighted by molar-refractivity contribution is 5.82. The molecule has 70 valence electrons. The molecule has 0 saturated heterocycles. The Morgan fingerprint density at radius 3 is 2.42 bits per heavy atom. The quantitative estimate of drug-likeness (QED) is 0.671. The maximum Gasteiger partial charge on any atom is 0.225 e. The van der Waals surface area contributed by atoms with Crippen LogP contribution in [-0.4, -0.2) is 25.2 Å². The van der Waals surface area contributed by atoms with Gasteiger partial charge in [0.1, 0.15) is 0 Å². The number of amides is 1. The van der Waals surface area contributed by atoms with E-state index < -0.39 is 0 Å². The van der Waals surface area contributed by atoms with Crippen molar-refractivity contribution in [1.82, 2.24) is 5.32 Å². The summed E-state index contributed by atoms with van der Waals surface area (Å²) in [4.78, 5) is 11.4. The van der Waals surface area contributed by atoms with Crippen molar-refractivity contribution in [2.75, 3.05) is 7.11 Å². The van der Waals surface area contributed by atoms with Crippen LogP contribution in [0.2, 0.25) is 0 Å². The van der Waals surface area contributed by atoms with Gasteiger partial charge in [0.05, 0.1) is 12.1 Å². The zero-order valence-corrected chi connectivity index (χ0v) is 8.18. The van der Waals surface area contributed by atoms with Crippen LogP contribution in [0.15, 0.2) is 0 Å². The third-order valence-electron chi connectivity index (χ3n) is 2.03. The normalized spacial score (nSPS) is 28.3. The number of ether oxygens (including phenoxy) is 1. The van der Waals surface area contributed by atoms with Crippen LogP contribution in [0.25, 0.3) is 0 Å². The van der Waals surface area contributed by atoms with Crippen LogP contribution in [0.4, 0.5) is 0 Å². The average Bonchev–Trinajstić information content (AvgIpc) is 2.65. The SMILES string of the molecule is CO[C@@H]1C[C@H]1NC(=O)C(C)(C)C. The summed E-state index contributed by atoms with van der Waals surface area (Å²) in [5.41, 5.74) is -0.291. The molecule has 0 aliphatic heterocycles. The monoisotopic (exact) mass is 171 g/mol. The molecule has 1 saturated carbocycles. The van der Waals surface area contributed by atoms with Gasteiger partial charge in [0, 0.05) is 12.5 Å². The fourth-order valence-electron chi connectivity index (χ4n) is 0.969. The first-order chi connectivity index (χ1) is 5.45. The molecule has 0 radical (unpaired) electrons.